The van der Waals surface area contributed by atoms with E-state index in [-0.39, 0.29) is 5.97 Å². The average molecular weight is 263 g/mol. The zero-order valence-corrected chi connectivity index (χ0v) is 11.3. The van der Waals surface area contributed by atoms with E-state index in [1.807, 2.05) is 0 Å². The van der Waals surface area contributed by atoms with Crippen molar-refractivity contribution < 1.29 is 9.53 Å². The second-order valence-electron chi connectivity index (χ2n) is 4.68. The van der Waals surface area contributed by atoms with E-state index < -0.39 is 0 Å². The molecule has 1 aromatic rings. The Labute approximate surface area is 113 Å². The highest BCUT2D eigenvalue weighted by Crippen LogP contribution is 2.22. The van der Waals surface area contributed by atoms with E-state index in [2.05, 4.69) is 10.4 Å². The monoisotopic (exact) mass is 263 g/mol. The predicted molar refractivity (Wildman–Crippen MR) is 75.9 cm³/mol. The van der Waals surface area contributed by atoms with Crippen LogP contribution in [0.15, 0.2) is 18.2 Å². The van der Waals surface area contributed by atoms with Crippen molar-refractivity contribution in [2.75, 3.05) is 30.9 Å². The number of carbonyl (C=O) groups excluding carboxylic acids is 1. The second kappa shape index (κ2) is 6.43. The molecule has 0 spiro atoms. The summed E-state index contributed by atoms with van der Waals surface area (Å²) in [6, 6.07) is 5.18. The normalized spacial score (nSPS) is 16.1. The maximum Gasteiger partial charge on any atom is 0.338 e. The molecule has 19 heavy (non-hydrogen) atoms. The number of nitrogen functional groups attached to an aromatic ring is 1. The van der Waals surface area contributed by atoms with Gasteiger partial charge in [-0.3, -0.25) is 0 Å². The quantitative estimate of drug-likeness (QED) is 0.644. The van der Waals surface area contributed by atoms with Crippen molar-refractivity contribution in [2.45, 2.75) is 26.2 Å². The zero-order valence-electron chi connectivity index (χ0n) is 11.3. The number of rotatable bonds is 4. The van der Waals surface area contributed by atoms with Gasteiger partial charge < -0.3 is 15.9 Å². The molecule has 1 fully saturated rings. The van der Waals surface area contributed by atoms with Gasteiger partial charge in [0.25, 0.3) is 0 Å². The molecule has 0 saturated carbocycles. The van der Waals surface area contributed by atoms with Crippen LogP contribution >= 0.6 is 0 Å². The lowest BCUT2D eigenvalue weighted by Gasteiger charge is -2.28. The summed E-state index contributed by atoms with van der Waals surface area (Å²) >= 11 is 0. The lowest BCUT2D eigenvalue weighted by molar-refractivity contribution is 0.0526. The largest absolute Gasteiger partial charge is 0.462 e. The number of benzene rings is 1. The zero-order chi connectivity index (χ0) is 13.7. The van der Waals surface area contributed by atoms with Gasteiger partial charge in [0, 0.05) is 13.1 Å². The van der Waals surface area contributed by atoms with Crippen LogP contribution in [0.1, 0.15) is 36.5 Å². The van der Waals surface area contributed by atoms with Gasteiger partial charge in [0.05, 0.1) is 23.5 Å². The van der Waals surface area contributed by atoms with E-state index in [4.69, 9.17) is 10.5 Å². The summed E-state index contributed by atoms with van der Waals surface area (Å²) in [4.78, 5) is 11.7. The Morgan fingerprint density at radius 2 is 2.11 bits per heavy atom. The van der Waals surface area contributed by atoms with E-state index in [1.54, 1.807) is 25.1 Å². The first-order valence-electron chi connectivity index (χ1n) is 6.79. The molecule has 0 aromatic heterocycles. The van der Waals surface area contributed by atoms with E-state index in [9.17, 15) is 4.79 Å². The molecule has 1 saturated heterocycles. The molecule has 5 nitrogen and oxygen atoms in total. The number of anilines is 2. The third-order valence-corrected chi connectivity index (χ3v) is 3.20. The molecule has 104 valence electrons. The number of hydrogen-bond acceptors (Lipinski definition) is 5. The summed E-state index contributed by atoms with van der Waals surface area (Å²) < 4.78 is 4.99. The third-order valence-electron chi connectivity index (χ3n) is 3.20. The van der Waals surface area contributed by atoms with Crippen molar-refractivity contribution in [3.8, 4) is 0 Å². The Balaban J connectivity index is 2.10. The predicted octanol–water partition coefficient (Wildman–Crippen LogP) is 2.26. The number of carbonyl (C=O) groups is 1. The van der Waals surface area contributed by atoms with E-state index in [1.165, 1.54) is 19.3 Å². The van der Waals surface area contributed by atoms with Crippen molar-refractivity contribution >= 4 is 17.3 Å². The Morgan fingerprint density at radius 3 is 2.79 bits per heavy atom. The van der Waals surface area contributed by atoms with Gasteiger partial charge in [0.1, 0.15) is 0 Å². The van der Waals surface area contributed by atoms with Crippen molar-refractivity contribution in [3.63, 3.8) is 0 Å². The molecule has 0 unspecified atom stereocenters. The minimum Gasteiger partial charge on any atom is -0.462 e. The standard InChI is InChI=1S/C14H21N3O2/c1-2-19-14(18)11-6-7-12(15)13(10-11)16-17-8-4-3-5-9-17/h6-7,10,16H,2-5,8-9,15H2,1H3. The first kappa shape index (κ1) is 13.7. The molecule has 2 rings (SSSR count). The number of nitrogens with zero attached hydrogens (tertiary/aromatic N) is 1. The molecule has 0 aliphatic carbocycles. The smallest absolute Gasteiger partial charge is 0.338 e. The van der Waals surface area contributed by atoms with E-state index >= 15 is 0 Å². The van der Waals surface area contributed by atoms with Crippen LogP contribution in [0.3, 0.4) is 0 Å². The maximum atomic E-state index is 11.7. The van der Waals surface area contributed by atoms with Gasteiger partial charge in [0.15, 0.2) is 0 Å². The van der Waals surface area contributed by atoms with Gasteiger partial charge >= 0.3 is 5.97 Å². The van der Waals surface area contributed by atoms with Crippen molar-refractivity contribution in [1.29, 1.82) is 0 Å². The van der Waals surface area contributed by atoms with Gasteiger partial charge in [-0.15, -0.1) is 0 Å². The van der Waals surface area contributed by atoms with Crippen LogP contribution in [0, 0.1) is 0 Å². The van der Waals surface area contributed by atoms with Crippen LogP contribution in [-0.2, 0) is 4.74 Å². The fraction of sp³-hybridized carbons (Fsp3) is 0.500. The minimum absolute atomic E-state index is 0.316. The summed E-state index contributed by atoms with van der Waals surface area (Å²) in [5, 5.41) is 2.14. The Morgan fingerprint density at radius 1 is 1.37 bits per heavy atom. The highest BCUT2D eigenvalue weighted by Gasteiger charge is 2.13. The molecule has 3 N–H and O–H groups in total. The molecular formula is C14H21N3O2. The molecule has 1 aromatic carbocycles. The Kier molecular flexibility index (Phi) is 4.63. The topological polar surface area (TPSA) is 67.6 Å². The van der Waals surface area contributed by atoms with Crippen LogP contribution < -0.4 is 11.2 Å². The van der Waals surface area contributed by atoms with Gasteiger partial charge in [-0.05, 0) is 38.0 Å². The molecule has 5 heteroatoms. The van der Waals surface area contributed by atoms with E-state index in [0.29, 0.717) is 17.9 Å². The van der Waals surface area contributed by atoms with E-state index in [0.717, 1.165) is 18.8 Å². The summed E-state index contributed by atoms with van der Waals surface area (Å²) in [5.41, 5.74) is 11.2. The number of hydrogen-bond donors (Lipinski definition) is 2. The fourth-order valence-electron chi connectivity index (χ4n) is 2.17. The van der Waals surface area contributed by atoms with Crippen LogP contribution in [0.5, 0.6) is 0 Å². The summed E-state index contributed by atoms with van der Waals surface area (Å²) in [6.07, 6.45) is 3.64. The van der Waals surface area contributed by atoms with Crippen molar-refractivity contribution in [1.82, 2.24) is 5.01 Å². The SMILES string of the molecule is CCOC(=O)c1ccc(N)c(NN2CCCCC2)c1. The van der Waals surface area contributed by atoms with Crippen molar-refractivity contribution in [2.24, 2.45) is 0 Å². The molecule has 1 aliphatic heterocycles. The van der Waals surface area contributed by atoms with Crippen LogP contribution in [0.25, 0.3) is 0 Å². The molecule has 0 bridgehead atoms. The third kappa shape index (κ3) is 3.61. The summed E-state index contributed by atoms with van der Waals surface area (Å²) in [6.45, 7) is 4.17. The fourth-order valence-corrected chi connectivity index (χ4v) is 2.17. The number of ether oxygens (including phenoxy) is 1. The highest BCUT2D eigenvalue weighted by molar-refractivity contribution is 5.92. The first-order chi connectivity index (χ1) is 9.20. The van der Waals surface area contributed by atoms with Gasteiger partial charge in [-0.2, -0.15) is 0 Å². The van der Waals surface area contributed by atoms with Gasteiger partial charge in [-0.25, -0.2) is 9.80 Å². The molecule has 1 heterocycles. The maximum absolute atomic E-state index is 11.7. The molecule has 1 aliphatic rings. The number of nitrogens with two attached hydrogens (primary N) is 1. The number of nitrogens with one attached hydrogen (secondary N) is 1. The number of piperidine rings is 1. The molecular weight excluding hydrogens is 242 g/mol. The molecule has 0 radical (unpaired) electrons. The first-order valence-corrected chi connectivity index (χ1v) is 6.79. The highest BCUT2D eigenvalue weighted by atomic mass is 16.5. The average Bonchev–Trinajstić information content (AvgIpc) is 2.42. The van der Waals surface area contributed by atoms with Crippen molar-refractivity contribution in [3.05, 3.63) is 23.8 Å². The lowest BCUT2D eigenvalue weighted by atomic mass is 10.1. The summed E-state index contributed by atoms with van der Waals surface area (Å²) in [7, 11) is 0. The lowest BCUT2D eigenvalue weighted by Crippen LogP contribution is -2.35. The minimum atomic E-state index is -0.316. The van der Waals surface area contributed by atoms with Crippen LogP contribution in [0.4, 0.5) is 11.4 Å². The Hall–Kier alpha value is -1.75. The molecule has 0 amide bonds. The van der Waals surface area contributed by atoms with Gasteiger partial charge in [0.2, 0.25) is 0 Å². The second-order valence-corrected chi connectivity index (χ2v) is 4.68. The van der Waals surface area contributed by atoms with Gasteiger partial charge in [-0.1, -0.05) is 6.42 Å². The summed E-state index contributed by atoms with van der Waals surface area (Å²) in [5.74, 6) is -0.316. The number of esters is 1. The van der Waals surface area contributed by atoms with Crippen LogP contribution in [0.2, 0.25) is 0 Å². The Bertz CT molecular complexity index is 442. The molecule has 0 atom stereocenters. The number of hydrazine groups is 1. The van der Waals surface area contributed by atoms with Crippen LogP contribution in [-0.4, -0.2) is 30.7 Å².